The molecule has 0 unspecified atom stereocenters. The van der Waals surface area contributed by atoms with E-state index in [0.29, 0.717) is 6.61 Å². The molecule has 0 bridgehead atoms. The van der Waals surface area contributed by atoms with Gasteiger partial charge in [-0.25, -0.2) is 4.39 Å². The number of piperidine rings is 1. The van der Waals surface area contributed by atoms with Gasteiger partial charge in [0.15, 0.2) is 0 Å². The number of ether oxygens (including phenoxy) is 1. The third-order valence-corrected chi connectivity index (χ3v) is 3.43. The second-order valence-electron chi connectivity index (χ2n) is 5.51. The molecule has 0 saturated carbocycles. The summed E-state index contributed by atoms with van der Waals surface area (Å²) in [6.07, 6.45) is 1.33. The fraction of sp³-hybridized carbons (Fsp3) is 0.600. The molecule has 1 heterocycles. The van der Waals surface area contributed by atoms with Crippen LogP contribution in [0.3, 0.4) is 0 Å². The molecule has 1 aliphatic heterocycles. The maximum Gasteiger partial charge on any atom is 0.123 e. The third-order valence-electron chi connectivity index (χ3n) is 3.43. The lowest BCUT2D eigenvalue weighted by Crippen LogP contribution is -2.40. The first-order chi connectivity index (χ1) is 8.63. The van der Waals surface area contributed by atoms with Gasteiger partial charge >= 0.3 is 0 Å². The van der Waals surface area contributed by atoms with Crippen molar-refractivity contribution in [2.45, 2.75) is 20.3 Å². The van der Waals surface area contributed by atoms with Gasteiger partial charge in [0.05, 0.1) is 0 Å². The molecule has 0 N–H and O–H groups in total. The second kappa shape index (κ2) is 6.19. The quantitative estimate of drug-likeness (QED) is 0.815. The van der Waals surface area contributed by atoms with Crippen molar-refractivity contribution in [2.24, 2.45) is 11.8 Å². The van der Waals surface area contributed by atoms with Crippen LogP contribution in [0.5, 0.6) is 5.75 Å². The van der Waals surface area contributed by atoms with Crippen LogP contribution in [0.4, 0.5) is 4.39 Å². The number of halogens is 1. The highest BCUT2D eigenvalue weighted by Gasteiger charge is 2.21. The molecular weight excluding hydrogens is 229 g/mol. The van der Waals surface area contributed by atoms with E-state index in [1.807, 2.05) is 0 Å². The van der Waals surface area contributed by atoms with Crippen LogP contribution >= 0.6 is 0 Å². The van der Waals surface area contributed by atoms with Crippen molar-refractivity contribution in [1.82, 2.24) is 4.90 Å². The summed E-state index contributed by atoms with van der Waals surface area (Å²) in [5.41, 5.74) is 0. The van der Waals surface area contributed by atoms with Crippen molar-refractivity contribution in [1.29, 1.82) is 0 Å². The van der Waals surface area contributed by atoms with E-state index in [4.69, 9.17) is 4.74 Å². The highest BCUT2D eigenvalue weighted by atomic mass is 19.1. The van der Waals surface area contributed by atoms with Crippen LogP contribution in [0.15, 0.2) is 24.3 Å². The van der Waals surface area contributed by atoms with Gasteiger partial charge in [-0.2, -0.15) is 0 Å². The van der Waals surface area contributed by atoms with Crippen molar-refractivity contribution in [3.05, 3.63) is 30.1 Å². The van der Waals surface area contributed by atoms with Crippen LogP contribution in [0.25, 0.3) is 0 Å². The zero-order valence-corrected chi connectivity index (χ0v) is 11.2. The van der Waals surface area contributed by atoms with Crippen molar-refractivity contribution in [3.8, 4) is 5.75 Å². The molecule has 1 aliphatic rings. The smallest absolute Gasteiger partial charge is 0.123 e. The monoisotopic (exact) mass is 251 g/mol. The number of hydrogen-bond acceptors (Lipinski definition) is 2. The molecular formula is C15H22FNO. The third kappa shape index (κ3) is 3.98. The summed E-state index contributed by atoms with van der Waals surface area (Å²) in [5.74, 6) is 2.08. The molecule has 100 valence electrons. The Morgan fingerprint density at radius 1 is 1.17 bits per heavy atom. The number of hydrogen-bond donors (Lipinski definition) is 0. The fourth-order valence-electron chi connectivity index (χ4n) is 2.80. The molecule has 1 aromatic rings. The lowest BCUT2D eigenvalue weighted by molar-refractivity contribution is 0.120. The van der Waals surface area contributed by atoms with Crippen LogP contribution in [0.2, 0.25) is 0 Å². The van der Waals surface area contributed by atoms with Crippen molar-refractivity contribution < 1.29 is 9.13 Å². The van der Waals surface area contributed by atoms with Gasteiger partial charge in [0.2, 0.25) is 0 Å². The summed E-state index contributed by atoms with van der Waals surface area (Å²) in [4.78, 5) is 2.46. The Morgan fingerprint density at radius 3 is 2.39 bits per heavy atom. The zero-order chi connectivity index (χ0) is 13.0. The first kappa shape index (κ1) is 13.3. The highest BCUT2D eigenvalue weighted by molar-refractivity contribution is 5.21. The molecule has 0 radical (unpaired) electrons. The minimum absolute atomic E-state index is 0.221. The molecule has 18 heavy (non-hydrogen) atoms. The largest absolute Gasteiger partial charge is 0.492 e. The van der Waals surface area contributed by atoms with Crippen LogP contribution in [-0.2, 0) is 0 Å². The summed E-state index contributed by atoms with van der Waals surface area (Å²) < 4.78 is 18.3. The average molecular weight is 251 g/mol. The number of likely N-dealkylation sites (tertiary alicyclic amines) is 1. The molecule has 1 aromatic carbocycles. The Morgan fingerprint density at radius 2 is 1.78 bits per heavy atom. The van der Waals surface area contributed by atoms with E-state index in [9.17, 15) is 4.39 Å². The van der Waals surface area contributed by atoms with Gasteiger partial charge < -0.3 is 4.74 Å². The predicted molar refractivity (Wildman–Crippen MR) is 71.3 cm³/mol. The lowest BCUT2D eigenvalue weighted by Gasteiger charge is -2.34. The maximum absolute atomic E-state index is 12.7. The minimum Gasteiger partial charge on any atom is -0.492 e. The van der Waals surface area contributed by atoms with Gasteiger partial charge in [-0.3, -0.25) is 4.90 Å². The zero-order valence-electron chi connectivity index (χ0n) is 11.2. The van der Waals surface area contributed by atoms with E-state index >= 15 is 0 Å². The first-order valence-corrected chi connectivity index (χ1v) is 6.74. The molecule has 2 atom stereocenters. The van der Waals surface area contributed by atoms with Gasteiger partial charge in [0.25, 0.3) is 0 Å². The Kier molecular flexibility index (Phi) is 4.59. The van der Waals surface area contributed by atoms with E-state index < -0.39 is 0 Å². The standard InChI is InChI=1S/C15H22FNO/c1-12-9-13(2)11-17(10-12)7-8-18-15-5-3-14(16)4-6-15/h3-6,12-13H,7-11H2,1-2H3/t12-,13+. The number of nitrogens with zero attached hydrogens (tertiary/aromatic N) is 1. The van der Waals surface area contributed by atoms with E-state index in [1.165, 1.54) is 18.6 Å². The molecule has 1 saturated heterocycles. The summed E-state index contributed by atoms with van der Waals surface area (Å²) in [7, 11) is 0. The number of rotatable bonds is 4. The normalized spacial score (nSPS) is 25.1. The van der Waals surface area contributed by atoms with Gasteiger partial charge in [0, 0.05) is 19.6 Å². The maximum atomic E-state index is 12.7. The van der Waals surface area contributed by atoms with Crippen LogP contribution in [0.1, 0.15) is 20.3 Å². The summed E-state index contributed by atoms with van der Waals surface area (Å²) in [6, 6.07) is 6.22. The SMILES string of the molecule is C[C@@H]1C[C@H](C)CN(CCOc2ccc(F)cc2)C1. The van der Waals surface area contributed by atoms with Gasteiger partial charge in [0.1, 0.15) is 18.2 Å². The van der Waals surface area contributed by atoms with Gasteiger partial charge in [-0.1, -0.05) is 13.8 Å². The Balaban J connectivity index is 1.73. The fourth-order valence-corrected chi connectivity index (χ4v) is 2.80. The molecule has 0 amide bonds. The number of benzene rings is 1. The second-order valence-corrected chi connectivity index (χ2v) is 5.51. The van der Waals surface area contributed by atoms with Gasteiger partial charge in [-0.15, -0.1) is 0 Å². The first-order valence-electron chi connectivity index (χ1n) is 6.74. The molecule has 1 fully saturated rings. The van der Waals surface area contributed by atoms with E-state index in [-0.39, 0.29) is 5.82 Å². The van der Waals surface area contributed by atoms with Crippen molar-refractivity contribution in [2.75, 3.05) is 26.2 Å². The Labute approximate surface area is 109 Å². The summed E-state index contributed by atoms with van der Waals surface area (Å²) in [6.45, 7) is 8.57. The molecule has 2 rings (SSSR count). The Bertz CT molecular complexity index is 355. The molecule has 0 aliphatic carbocycles. The molecule has 3 heteroatoms. The van der Waals surface area contributed by atoms with E-state index in [0.717, 1.165) is 37.2 Å². The van der Waals surface area contributed by atoms with Crippen LogP contribution in [-0.4, -0.2) is 31.1 Å². The molecule has 0 spiro atoms. The van der Waals surface area contributed by atoms with Crippen LogP contribution < -0.4 is 4.74 Å². The van der Waals surface area contributed by atoms with E-state index in [2.05, 4.69) is 18.7 Å². The summed E-state index contributed by atoms with van der Waals surface area (Å²) >= 11 is 0. The lowest BCUT2D eigenvalue weighted by atomic mass is 9.92. The molecule has 0 aromatic heterocycles. The highest BCUT2D eigenvalue weighted by Crippen LogP contribution is 2.20. The minimum atomic E-state index is -0.221. The Hall–Kier alpha value is -1.09. The van der Waals surface area contributed by atoms with Crippen LogP contribution in [0, 0.1) is 17.7 Å². The average Bonchev–Trinajstić information content (AvgIpc) is 2.30. The predicted octanol–water partition coefficient (Wildman–Crippen LogP) is 3.18. The molecule has 2 nitrogen and oxygen atoms in total. The van der Waals surface area contributed by atoms with Gasteiger partial charge in [-0.05, 0) is 42.5 Å². The van der Waals surface area contributed by atoms with E-state index in [1.54, 1.807) is 12.1 Å². The van der Waals surface area contributed by atoms with Crippen molar-refractivity contribution >= 4 is 0 Å². The topological polar surface area (TPSA) is 12.5 Å². The van der Waals surface area contributed by atoms with Crippen molar-refractivity contribution in [3.63, 3.8) is 0 Å². The summed E-state index contributed by atoms with van der Waals surface area (Å²) in [5, 5.41) is 0.